The van der Waals surface area contributed by atoms with Gasteiger partial charge in [-0.2, -0.15) is 5.26 Å². The first-order chi connectivity index (χ1) is 32.9. The van der Waals surface area contributed by atoms with Crippen LogP contribution in [0.15, 0.2) is 152 Å². The molecule has 3 atom stereocenters. The van der Waals surface area contributed by atoms with Crippen molar-refractivity contribution in [3.05, 3.63) is 179 Å². The van der Waals surface area contributed by atoms with Crippen LogP contribution in [0.25, 0.3) is 0 Å². The van der Waals surface area contributed by atoms with Crippen molar-refractivity contribution in [1.29, 1.82) is 5.26 Å². The molecule has 0 aliphatic carbocycles. The van der Waals surface area contributed by atoms with E-state index in [1.165, 1.54) is 23.8 Å². The summed E-state index contributed by atoms with van der Waals surface area (Å²) in [5, 5.41) is 8.77. The zero-order valence-electron chi connectivity index (χ0n) is 39.4. The molecule has 0 bridgehead atoms. The fraction of sp³-hybridized carbons (Fsp3) is 0.312. The van der Waals surface area contributed by atoms with Crippen molar-refractivity contribution in [3.8, 4) is 6.07 Å². The second kappa shape index (κ2) is 33.9. The maximum absolute atomic E-state index is 12.4. The van der Waals surface area contributed by atoms with E-state index in [0.717, 1.165) is 50.4 Å². The van der Waals surface area contributed by atoms with Crippen LogP contribution in [0.2, 0.25) is 0 Å². The molecular weight excluding hydrogens is 842 g/mol. The van der Waals surface area contributed by atoms with Crippen molar-refractivity contribution in [2.75, 3.05) is 59.1 Å². The number of hydrogen-bond donors (Lipinski definition) is 0. The molecule has 0 amide bonds. The highest BCUT2D eigenvalue weighted by atomic mass is 16.5. The molecule has 330 valence electrons. The van der Waals surface area contributed by atoms with E-state index in [1.54, 1.807) is 0 Å². The third-order valence-electron chi connectivity index (χ3n) is 10.7. The summed E-state index contributed by atoms with van der Waals surface area (Å²) in [6.07, 6.45) is -2.62. The van der Waals surface area contributed by atoms with Crippen LogP contribution >= 0.6 is 0 Å². The second-order valence-electron chi connectivity index (χ2n) is 16.3. The predicted molar refractivity (Wildman–Crippen MR) is 291 cm³/mol. The zero-order valence-corrected chi connectivity index (χ0v) is 39.4. The third-order valence-corrected chi connectivity index (χ3v) is 10.7. The van der Waals surface area contributed by atoms with Gasteiger partial charge in [0, 0.05) is 159 Å². The fourth-order valence-corrected chi connectivity index (χ4v) is 7.04. The van der Waals surface area contributed by atoms with Crippen LogP contribution in [0.1, 0.15) is 37.4 Å². The van der Waals surface area contributed by atoms with E-state index in [2.05, 4.69) is 57.2 Å². The van der Waals surface area contributed by atoms with Crippen LogP contribution in [0.5, 0.6) is 0 Å². The first kappa shape index (κ1) is 58.8. The quantitative estimate of drug-likeness (QED) is 0.138. The number of carbonyl (C=O) groups excluding carboxylic acids is 2. The highest BCUT2D eigenvalue weighted by Gasteiger charge is 2.28. The molecule has 18 radical (unpaired) electrons. The third kappa shape index (κ3) is 23.3. The van der Waals surface area contributed by atoms with E-state index in [9.17, 15) is 9.59 Å². The van der Waals surface area contributed by atoms with Gasteiger partial charge < -0.3 is 14.2 Å². The van der Waals surface area contributed by atoms with Crippen LogP contribution in [0.4, 0.5) is 0 Å². The molecule has 0 saturated carbocycles. The van der Waals surface area contributed by atoms with Gasteiger partial charge in [0.15, 0.2) is 17.7 Å². The summed E-state index contributed by atoms with van der Waals surface area (Å²) in [4.78, 5) is 31.7. The summed E-state index contributed by atoms with van der Waals surface area (Å²) in [6, 6.07) is 51.9. The lowest BCUT2D eigenvalue weighted by atomic mass is 8.81. The molecule has 8 rings (SSSR count). The number of nitrogens with zero attached hydrogens (tertiary/aromatic N) is 4. The number of Topliss-reactive ketones (excluding diaryl/α,β-unsaturated/α-hetero) is 2. The zero-order chi connectivity index (χ0) is 48.9. The van der Waals surface area contributed by atoms with Gasteiger partial charge in [0.2, 0.25) is 0 Å². The van der Waals surface area contributed by atoms with Crippen LogP contribution in [-0.2, 0) is 33.8 Å². The van der Waals surface area contributed by atoms with Gasteiger partial charge in [-0.25, -0.2) is 0 Å². The lowest BCUT2D eigenvalue weighted by Gasteiger charge is -2.32. The van der Waals surface area contributed by atoms with Crippen molar-refractivity contribution < 1.29 is 23.8 Å². The van der Waals surface area contributed by atoms with Gasteiger partial charge in [0.1, 0.15) is 12.2 Å². The van der Waals surface area contributed by atoms with Gasteiger partial charge >= 0.3 is 0 Å². The van der Waals surface area contributed by atoms with Crippen LogP contribution in [0.3, 0.4) is 0 Å². The van der Waals surface area contributed by atoms with Crippen molar-refractivity contribution in [2.45, 2.75) is 37.9 Å². The molecule has 3 aliphatic rings. The molecule has 3 aliphatic heterocycles. The Hall–Kier alpha value is -4.53. The number of ether oxygens (including phenoxy) is 3. The molecule has 69 heavy (non-hydrogen) atoms. The standard InChI is InChI=1S/2C18H19NO2.C12H14N2O.B6.B5.B/c2*20-18(16-9-5-2-6-10-16)17-14-19(11-12-21-17)13-15-7-3-1-4-8-15;13-8-12-10-14(6-7-15-12)9-11-4-2-1-3-5-11;1-5(2)6(3)4;1-4-5(2)3;/h2*1-10,17H,11-14H2;1-5,12H,6-7,9-10H2;;;/t17-;;;;;/m0...../s1. The Morgan fingerprint density at radius 2 is 0.812 bits per heavy atom. The minimum atomic E-state index is -0.593. The lowest BCUT2D eigenvalue weighted by Crippen LogP contribution is -2.45. The Bertz CT molecular complexity index is 2060. The second-order valence-corrected chi connectivity index (χ2v) is 16.3. The molecule has 9 nitrogen and oxygen atoms in total. The molecule has 2 unspecified atom stereocenters. The van der Waals surface area contributed by atoms with Crippen LogP contribution < -0.4 is 0 Å². The van der Waals surface area contributed by atoms with Gasteiger partial charge in [-0.15, -0.1) is 0 Å². The topological polar surface area (TPSA) is 95.3 Å². The Morgan fingerprint density at radius 3 is 1.10 bits per heavy atom. The van der Waals surface area contributed by atoms with Crippen molar-refractivity contribution in [3.63, 3.8) is 0 Å². The number of ketones is 2. The number of rotatable bonds is 12. The van der Waals surface area contributed by atoms with Crippen LogP contribution in [0, 0.1) is 11.3 Å². The Labute approximate surface area is 424 Å². The van der Waals surface area contributed by atoms with Gasteiger partial charge in [-0.3, -0.25) is 24.3 Å². The Morgan fingerprint density at radius 1 is 0.522 bits per heavy atom. The highest BCUT2D eigenvalue weighted by Crippen LogP contribution is 2.16. The van der Waals surface area contributed by atoms with Gasteiger partial charge in [-0.05, 0) is 16.7 Å². The molecule has 0 aromatic heterocycles. The largest absolute Gasteiger partial charge is 0.367 e. The summed E-state index contributed by atoms with van der Waals surface area (Å²) >= 11 is 0. The van der Waals surface area contributed by atoms with Crippen molar-refractivity contribution in [2.24, 2.45) is 0 Å². The van der Waals surface area contributed by atoms with Crippen molar-refractivity contribution in [1.82, 2.24) is 14.7 Å². The average Bonchev–Trinajstić information content (AvgIpc) is 3.38. The highest BCUT2D eigenvalue weighted by molar-refractivity contribution is 7.76. The van der Waals surface area contributed by atoms with E-state index >= 15 is 0 Å². The van der Waals surface area contributed by atoms with Crippen LogP contribution in [-0.4, -0.2) is 192 Å². The Kier molecular flexibility index (Phi) is 28.9. The molecule has 0 spiro atoms. The first-order valence-corrected chi connectivity index (χ1v) is 22.8. The van der Waals surface area contributed by atoms with E-state index in [-0.39, 0.29) is 38.3 Å². The minimum absolute atomic E-state index is 0. The van der Waals surface area contributed by atoms with E-state index in [0.29, 0.717) is 39.5 Å². The van der Waals surface area contributed by atoms with E-state index in [1.807, 2.05) is 115 Å². The summed E-state index contributed by atoms with van der Waals surface area (Å²) < 4.78 is 16.6. The molecule has 21 heteroatoms. The summed E-state index contributed by atoms with van der Waals surface area (Å²) in [5.74, 6) is 0.154. The molecule has 3 fully saturated rings. The smallest absolute Gasteiger partial charge is 0.192 e. The van der Waals surface area contributed by atoms with E-state index < -0.39 is 19.2 Å². The van der Waals surface area contributed by atoms with Gasteiger partial charge in [0.25, 0.3) is 0 Å². The SMILES string of the molecule is N#CC1CN(Cc2ccccc2)CCO1.O=C(c1ccccc1)C1CN(Cc2ccccc2)CCO1.O=C(c1ccccc1)[C@@H]1CN(Cc2ccccc2)CCO1.[B].[B]B([B])B([B])[B].[B][B]B([B])[B]. The number of hydrogen-bond acceptors (Lipinski definition) is 9. The minimum Gasteiger partial charge on any atom is -0.367 e. The molecule has 5 aromatic rings. The predicted octanol–water partition coefficient (Wildman–Crippen LogP) is 2.38. The van der Waals surface area contributed by atoms with Crippen molar-refractivity contribution >= 4 is 100 Å². The molecule has 5 aromatic carbocycles. The average molecular weight is 895 g/mol. The monoisotopic (exact) mass is 897 g/mol. The maximum atomic E-state index is 12.4. The molecule has 0 N–H and O–H groups in total. The van der Waals surface area contributed by atoms with E-state index in [4.69, 9.17) is 73.6 Å². The van der Waals surface area contributed by atoms with Gasteiger partial charge in [-0.1, -0.05) is 152 Å². The van der Waals surface area contributed by atoms with Gasteiger partial charge in [0.05, 0.1) is 25.9 Å². The lowest BCUT2D eigenvalue weighted by molar-refractivity contribution is -0.0190. The number of nitriles is 1. The Balaban J connectivity index is 0.000000248. The summed E-state index contributed by atoms with van der Waals surface area (Å²) in [7, 11) is 35.6. The molecule has 3 heterocycles. The summed E-state index contributed by atoms with van der Waals surface area (Å²) in [6.45, 7) is 9.18. The molecule has 3 saturated heterocycles. The normalized spacial score (nSPS) is 17.7. The summed E-state index contributed by atoms with van der Waals surface area (Å²) in [5.41, 5.74) is 5.28. The maximum Gasteiger partial charge on any atom is 0.192 e. The number of morpholine rings is 3. The molecular formula is C48H52B12N4O5. The number of benzene rings is 5. The number of carbonyl (C=O) groups is 2. The fourth-order valence-electron chi connectivity index (χ4n) is 7.04. The first-order valence-electron chi connectivity index (χ1n) is 22.8.